The Bertz CT molecular complexity index is 569. The van der Waals surface area contributed by atoms with E-state index in [4.69, 9.17) is 14.7 Å². The summed E-state index contributed by atoms with van der Waals surface area (Å²) in [6.07, 6.45) is 4.30. The Balaban J connectivity index is 1.92. The van der Waals surface area contributed by atoms with E-state index >= 15 is 0 Å². The molecule has 5 nitrogen and oxygen atoms in total. The van der Waals surface area contributed by atoms with Crippen LogP contribution in [0.5, 0.6) is 5.75 Å². The van der Waals surface area contributed by atoms with E-state index in [0.29, 0.717) is 17.6 Å². The Kier molecular flexibility index (Phi) is 5.16. The number of aldehydes is 1. The van der Waals surface area contributed by atoms with Gasteiger partial charge in [0, 0.05) is 0 Å². The van der Waals surface area contributed by atoms with Crippen LogP contribution in [0.2, 0.25) is 0 Å². The van der Waals surface area contributed by atoms with Gasteiger partial charge in [-0.3, -0.25) is 9.59 Å². The van der Waals surface area contributed by atoms with Crippen molar-refractivity contribution in [1.29, 1.82) is 5.26 Å². The summed E-state index contributed by atoms with van der Waals surface area (Å²) in [5.41, 5.74) is -0.772. The summed E-state index contributed by atoms with van der Waals surface area (Å²) < 4.78 is 10.9. The molecule has 0 heterocycles. The molecular weight excluding hydrogens is 282 g/mol. The quantitative estimate of drug-likeness (QED) is 0.596. The molecule has 0 bridgehead atoms. The molecule has 0 aliphatic heterocycles. The number of rotatable bonds is 6. The highest BCUT2D eigenvalue weighted by molar-refractivity contribution is 5.77. The highest BCUT2D eigenvalue weighted by Gasteiger charge is 2.34. The monoisotopic (exact) mass is 301 g/mol. The van der Waals surface area contributed by atoms with Crippen molar-refractivity contribution in [1.82, 2.24) is 0 Å². The second kappa shape index (κ2) is 7.08. The van der Waals surface area contributed by atoms with Crippen LogP contribution in [0.25, 0.3) is 0 Å². The zero-order chi connectivity index (χ0) is 16.0. The first-order valence-corrected chi connectivity index (χ1v) is 7.38. The van der Waals surface area contributed by atoms with Gasteiger partial charge in [0.2, 0.25) is 0 Å². The minimum Gasteiger partial charge on any atom is -0.489 e. The van der Waals surface area contributed by atoms with Gasteiger partial charge in [-0.1, -0.05) is 12.8 Å². The number of benzene rings is 1. The second-order valence-electron chi connectivity index (χ2n) is 5.76. The van der Waals surface area contributed by atoms with Crippen molar-refractivity contribution in [2.24, 2.45) is 5.92 Å². The molecule has 0 N–H and O–H groups in total. The number of hydrogen-bond donors (Lipinski definition) is 0. The topological polar surface area (TPSA) is 76.4 Å². The lowest BCUT2D eigenvalue weighted by atomic mass is 10.1. The fourth-order valence-corrected chi connectivity index (χ4v) is 2.41. The average molecular weight is 301 g/mol. The van der Waals surface area contributed by atoms with Gasteiger partial charge in [0.15, 0.2) is 11.9 Å². The molecule has 1 unspecified atom stereocenters. The molecule has 1 atom stereocenters. The van der Waals surface area contributed by atoms with Gasteiger partial charge in [-0.25, -0.2) is 0 Å². The maximum Gasteiger partial charge on any atom is 0.310 e. The van der Waals surface area contributed by atoms with Crippen LogP contribution in [0.4, 0.5) is 0 Å². The normalized spacial score (nSPS) is 17.3. The van der Waals surface area contributed by atoms with Gasteiger partial charge in [0.25, 0.3) is 0 Å². The van der Waals surface area contributed by atoms with Crippen molar-refractivity contribution < 1.29 is 19.1 Å². The molecule has 1 aromatic carbocycles. The molecule has 5 heteroatoms. The summed E-state index contributed by atoms with van der Waals surface area (Å²) in [5.74, 6) is 0.0914. The minimum atomic E-state index is -1.30. The van der Waals surface area contributed by atoms with Crippen LogP contribution in [0.3, 0.4) is 0 Å². The lowest BCUT2D eigenvalue weighted by Crippen LogP contribution is -2.41. The van der Waals surface area contributed by atoms with E-state index in [1.165, 1.54) is 6.92 Å². The number of ether oxygens (including phenoxy) is 2. The van der Waals surface area contributed by atoms with Crippen molar-refractivity contribution in [2.45, 2.75) is 38.2 Å². The summed E-state index contributed by atoms with van der Waals surface area (Å²) in [6, 6.07) is 8.54. The third-order valence-corrected chi connectivity index (χ3v) is 3.78. The zero-order valence-electron chi connectivity index (χ0n) is 12.6. The molecule has 116 valence electrons. The van der Waals surface area contributed by atoms with E-state index in [-0.39, 0.29) is 18.5 Å². The molecule has 0 radical (unpaired) electrons. The third kappa shape index (κ3) is 4.08. The van der Waals surface area contributed by atoms with Crippen LogP contribution in [-0.2, 0) is 14.3 Å². The molecule has 0 aromatic heterocycles. The molecule has 0 spiro atoms. The lowest BCUT2D eigenvalue weighted by Gasteiger charge is -2.25. The summed E-state index contributed by atoms with van der Waals surface area (Å²) in [6.45, 7) is 1.48. The zero-order valence-corrected chi connectivity index (χ0v) is 12.6. The molecule has 1 saturated carbocycles. The van der Waals surface area contributed by atoms with Gasteiger partial charge in [0.1, 0.15) is 12.4 Å². The third-order valence-electron chi connectivity index (χ3n) is 3.78. The van der Waals surface area contributed by atoms with Gasteiger partial charge >= 0.3 is 5.97 Å². The molecule has 2 rings (SSSR count). The predicted octanol–water partition coefficient (Wildman–Crippen LogP) is 2.63. The first kappa shape index (κ1) is 16.0. The minimum absolute atomic E-state index is 0.0547. The molecule has 1 aromatic rings. The fraction of sp³-hybridized carbons (Fsp3) is 0.471. The number of nitriles is 1. The smallest absolute Gasteiger partial charge is 0.310 e. The average Bonchev–Trinajstić information content (AvgIpc) is 3.08. The van der Waals surface area contributed by atoms with Crippen molar-refractivity contribution in [3.8, 4) is 11.8 Å². The van der Waals surface area contributed by atoms with Crippen LogP contribution in [0.1, 0.15) is 38.2 Å². The van der Waals surface area contributed by atoms with E-state index in [1.807, 2.05) is 6.07 Å². The molecule has 1 aliphatic carbocycles. The highest BCUT2D eigenvalue weighted by atomic mass is 16.6. The Hall–Kier alpha value is -2.35. The molecule has 0 saturated heterocycles. The Morgan fingerprint density at radius 3 is 2.55 bits per heavy atom. The number of nitrogens with zero attached hydrogens (tertiary/aromatic N) is 1. The van der Waals surface area contributed by atoms with Crippen LogP contribution in [0.15, 0.2) is 24.3 Å². The van der Waals surface area contributed by atoms with E-state index in [2.05, 4.69) is 0 Å². The molecule has 1 aliphatic rings. The van der Waals surface area contributed by atoms with Crippen molar-refractivity contribution >= 4 is 12.3 Å². The second-order valence-corrected chi connectivity index (χ2v) is 5.76. The maximum absolute atomic E-state index is 12.0. The van der Waals surface area contributed by atoms with Gasteiger partial charge < -0.3 is 9.47 Å². The first-order valence-electron chi connectivity index (χ1n) is 7.38. The number of carbonyl (C=O) groups excluding carboxylic acids is 2. The van der Waals surface area contributed by atoms with Crippen LogP contribution >= 0.6 is 0 Å². The maximum atomic E-state index is 12.0. The SMILES string of the molecule is CC(C=O)(COc1ccc(C#N)cc1)OC(=O)C1CCCC1. The lowest BCUT2D eigenvalue weighted by molar-refractivity contribution is -0.168. The number of carbonyl (C=O) groups is 2. The summed E-state index contributed by atoms with van der Waals surface area (Å²) in [4.78, 5) is 23.3. The summed E-state index contributed by atoms with van der Waals surface area (Å²) in [5, 5.41) is 8.73. The van der Waals surface area contributed by atoms with E-state index in [0.717, 1.165) is 25.7 Å². The Labute approximate surface area is 129 Å². The molecule has 1 fully saturated rings. The molecule has 22 heavy (non-hydrogen) atoms. The standard InChI is InChI=1S/C17H19NO4/c1-17(11-19,22-16(20)14-4-2-3-5-14)12-21-15-8-6-13(10-18)7-9-15/h6-9,11,14H,2-5,12H2,1H3. The summed E-state index contributed by atoms with van der Waals surface area (Å²) in [7, 11) is 0. The Morgan fingerprint density at radius 2 is 2.00 bits per heavy atom. The van der Waals surface area contributed by atoms with Crippen LogP contribution in [-0.4, -0.2) is 24.5 Å². The van der Waals surface area contributed by atoms with Gasteiger partial charge in [-0.2, -0.15) is 5.26 Å². The van der Waals surface area contributed by atoms with Crippen molar-refractivity contribution in [2.75, 3.05) is 6.61 Å². The highest BCUT2D eigenvalue weighted by Crippen LogP contribution is 2.27. The molecule has 0 amide bonds. The van der Waals surface area contributed by atoms with Gasteiger partial charge in [-0.15, -0.1) is 0 Å². The van der Waals surface area contributed by atoms with Crippen LogP contribution < -0.4 is 4.74 Å². The largest absolute Gasteiger partial charge is 0.489 e. The van der Waals surface area contributed by atoms with Gasteiger partial charge in [-0.05, 0) is 44.0 Å². The van der Waals surface area contributed by atoms with E-state index < -0.39 is 5.60 Å². The predicted molar refractivity (Wildman–Crippen MR) is 79.2 cm³/mol. The Morgan fingerprint density at radius 1 is 1.36 bits per heavy atom. The van der Waals surface area contributed by atoms with Crippen molar-refractivity contribution in [3.05, 3.63) is 29.8 Å². The van der Waals surface area contributed by atoms with Gasteiger partial charge in [0.05, 0.1) is 17.6 Å². The summed E-state index contributed by atoms with van der Waals surface area (Å²) >= 11 is 0. The first-order chi connectivity index (χ1) is 10.6. The fourth-order valence-electron chi connectivity index (χ4n) is 2.41. The van der Waals surface area contributed by atoms with Crippen LogP contribution in [0, 0.1) is 17.2 Å². The van der Waals surface area contributed by atoms with E-state index in [1.54, 1.807) is 24.3 Å². The number of hydrogen-bond acceptors (Lipinski definition) is 5. The van der Waals surface area contributed by atoms with E-state index in [9.17, 15) is 9.59 Å². The molecular formula is C17H19NO4. The number of esters is 1. The van der Waals surface area contributed by atoms with Crippen molar-refractivity contribution in [3.63, 3.8) is 0 Å².